The maximum absolute atomic E-state index is 6.10. The van der Waals surface area contributed by atoms with E-state index in [2.05, 4.69) is 152 Å². The van der Waals surface area contributed by atoms with E-state index in [1.54, 1.807) is 0 Å². The summed E-state index contributed by atoms with van der Waals surface area (Å²) < 4.78 is 12.2. The zero-order chi connectivity index (χ0) is 37.0. The predicted molar refractivity (Wildman–Crippen MR) is 229 cm³/mol. The number of hydrogen-bond donors (Lipinski definition) is 0. The summed E-state index contributed by atoms with van der Waals surface area (Å²) in [6.07, 6.45) is 0. The smallest absolute Gasteiger partial charge is 0.160 e. The third-order valence-electron chi connectivity index (χ3n) is 10.7. The van der Waals surface area contributed by atoms with Crippen molar-refractivity contribution >= 4 is 43.9 Å². The Morgan fingerprint density at radius 1 is 0.250 bits per heavy atom. The maximum atomic E-state index is 6.10. The number of nitrogens with zero attached hydrogens (tertiary/aromatic N) is 2. The largest absolute Gasteiger partial charge is 0.456 e. The van der Waals surface area contributed by atoms with Crippen LogP contribution in [0.3, 0.4) is 0 Å². The van der Waals surface area contributed by atoms with E-state index in [4.69, 9.17) is 18.8 Å². The van der Waals surface area contributed by atoms with Crippen molar-refractivity contribution in [2.75, 3.05) is 0 Å². The van der Waals surface area contributed by atoms with Crippen molar-refractivity contribution in [1.82, 2.24) is 9.97 Å². The number of benzene rings is 8. The Labute approximate surface area is 323 Å². The molecule has 3 aromatic heterocycles. The number of hydrogen-bond acceptors (Lipinski definition) is 4. The molecule has 0 atom stereocenters. The SMILES string of the molecule is c1ccc(-c2nc(-c3ccc(-c4ccc(-c5ccc6oc7ccccc7c6c5)cc4)cc3)cc(-c3cccc(-c4ccc5oc6ccccc6c5c4)c3)n2)cc1. The molecule has 0 aliphatic heterocycles. The van der Waals surface area contributed by atoms with Gasteiger partial charge in [-0.2, -0.15) is 0 Å². The Morgan fingerprint density at radius 2 is 0.661 bits per heavy atom. The second-order valence-electron chi connectivity index (χ2n) is 14.2. The second-order valence-corrected chi connectivity index (χ2v) is 14.2. The van der Waals surface area contributed by atoms with E-state index in [-0.39, 0.29) is 0 Å². The Morgan fingerprint density at radius 3 is 1.27 bits per heavy atom. The van der Waals surface area contributed by atoms with Crippen molar-refractivity contribution in [3.63, 3.8) is 0 Å². The molecule has 262 valence electrons. The molecule has 0 fully saturated rings. The fraction of sp³-hybridized carbons (Fsp3) is 0. The summed E-state index contributed by atoms with van der Waals surface area (Å²) >= 11 is 0. The second kappa shape index (κ2) is 13.1. The molecule has 4 heteroatoms. The molecule has 0 aliphatic rings. The Kier molecular flexibility index (Phi) is 7.46. The van der Waals surface area contributed by atoms with Gasteiger partial charge in [0.25, 0.3) is 0 Å². The van der Waals surface area contributed by atoms with Gasteiger partial charge in [-0.25, -0.2) is 9.97 Å². The third-order valence-corrected chi connectivity index (χ3v) is 10.7. The summed E-state index contributed by atoms with van der Waals surface area (Å²) in [5.41, 5.74) is 15.2. The molecule has 0 spiro atoms. The van der Waals surface area contributed by atoms with E-state index < -0.39 is 0 Å². The molecule has 3 heterocycles. The predicted octanol–water partition coefficient (Wildman–Crippen LogP) is 14.3. The van der Waals surface area contributed by atoms with Crippen LogP contribution in [0.4, 0.5) is 0 Å². The van der Waals surface area contributed by atoms with Gasteiger partial charge in [-0.15, -0.1) is 0 Å². The molecule has 0 amide bonds. The quantitative estimate of drug-likeness (QED) is 0.172. The van der Waals surface area contributed by atoms with Crippen molar-refractivity contribution in [2.24, 2.45) is 0 Å². The van der Waals surface area contributed by atoms with Gasteiger partial charge < -0.3 is 8.83 Å². The van der Waals surface area contributed by atoms with Crippen molar-refractivity contribution in [2.45, 2.75) is 0 Å². The van der Waals surface area contributed by atoms with Crippen molar-refractivity contribution in [1.29, 1.82) is 0 Å². The zero-order valence-electron chi connectivity index (χ0n) is 30.2. The first-order chi connectivity index (χ1) is 27.7. The lowest BCUT2D eigenvalue weighted by Gasteiger charge is -2.11. The minimum absolute atomic E-state index is 0.691. The van der Waals surface area contributed by atoms with Crippen LogP contribution in [0.2, 0.25) is 0 Å². The molecule has 8 aromatic carbocycles. The standard InChI is InChI=1S/C52H32N2O2/c1-2-9-37(10-3-1)52-53-46(32-47(54-52)41-12-8-11-38(29-41)40-26-28-51-45(31-40)43-14-5-7-16-49(43)56-51)36-23-21-34(22-24-36)33-17-19-35(20-18-33)39-25-27-50-44(30-39)42-13-4-6-15-48(42)55-50/h1-32H. The van der Waals surface area contributed by atoms with Crippen LogP contribution in [-0.2, 0) is 0 Å². The van der Waals surface area contributed by atoms with Gasteiger partial charge in [0.2, 0.25) is 0 Å². The molecule has 0 saturated carbocycles. The van der Waals surface area contributed by atoms with Crippen molar-refractivity contribution < 1.29 is 8.83 Å². The average Bonchev–Trinajstić information content (AvgIpc) is 3.84. The summed E-state index contributed by atoms with van der Waals surface area (Å²) in [5, 5.41) is 4.50. The first kappa shape index (κ1) is 31.9. The maximum Gasteiger partial charge on any atom is 0.160 e. The van der Waals surface area contributed by atoms with Gasteiger partial charge in [-0.3, -0.25) is 0 Å². The highest BCUT2D eigenvalue weighted by Gasteiger charge is 2.14. The fourth-order valence-corrected chi connectivity index (χ4v) is 7.82. The van der Waals surface area contributed by atoms with Crippen LogP contribution in [0.1, 0.15) is 0 Å². The number of para-hydroxylation sites is 2. The number of rotatable bonds is 6. The monoisotopic (exact) mass is 716 g/mol. The molecule has 4 nitrogen and oxygen atoms in total. The van der Waals surface area contributed by atoms with E-state index >= 15 is 0 Å². The van der Waals surface area contributed by atoms with E-state index in [1.807, 2.05) is 42.5 Å². The molecule has 0 saturated heterocycles. The van der Waals surface area contributed by atoms with E-state index in [0.717, 1.165) is 99.8 Å². The summed E-state index contributed by atoms with van der Waals surface area (Å²) in [5.74, 6) is 0.691. The summed E-state index contributed by atoms with van der Waals surface area (Å²) in [4.78, 5) is 10.2. The molecule has 0 bridgehead atoms. The average molecular weight is 717 g/mol. The van der Waals surface area contributed by atoms with Gasteiger partial charge in [-0.1, -0.05) is 146 Å². The number of aromatic nitrogens is 2. The van der Waals surface area contributed by atoms with Gasteiger partial charge in [0, 0.05) is 38.2 Å². The van der Waals surface area contributed by atoms with Gasteiger partial charge >= 0.3 is 0 Å². The van der Waals surface area contributed by atoms with Crippen LogP contribution in [0.25, 0.3) is 111 Å². The van der Waals surface area contributed by atoms with Crippen LogP contribution >= 0.6 is 0 Å². The molecule has 11 rings (SSSR count). The lowest BCUT2D eigenvalue weighted by molar-refractivity contribution is 0.668. The normalized spacial score (nSPS) is 11.6. The van der Waals surface area contributed by atoms with Gasteiger partial charge in [0.1, 0.15) is 22.3 Å². The lowest BCUT2D eigenvalue weighted by Crippen LogP contribution is -1.96. The topological polar surface area (TPSA) is 52.1 Å². The molecular formula is C52H32N2O2. The van der Waals surface area contributed by atoms with Crippen LogP contribution in [0.5, 0.6) is 0 Å². The molecule has 0 unspecified atom stereocenters. The van der Waals surface area contributed by atoms with Gasteiger partial charge in [-0.05, 0) is 81.9 Å². The van der Waals surface area contributed by atoms with E-state index in [9.17, 15) is 0 Å². The lowest BCUT2D eigenvalue weighted by atomic mass is 9.97. The van der Waals surface area contributed by atoms with Crippen molar-refractivity contribution in [3.8, 4) is 67.3 Å². The molecule has 56 heavy (non-hydrogen) atoms. The Balaban J connectivity index is 0.921. The molecular weight excluding hydrogens is 685 g/mol. The van der Waals surface area contributed by atoms with E-state index in [1.165, 1.54) is 5.56 Å². The minimum Gasteiger partial charge on any atom is -0.456 e. The Hall–Kier alpha value is -7.56. The number of fused-ring (bicyclic) bond motifs is 6. The fourth-order valence-electron chi connectivity index (χ4n) is 7.82. The van der Waals surface area contributed by atoms with Crippen LogP contribution < -0.4 is 0 Å². The Bertz CT molecular complexity index is 3230. The highest BCUT2D eigenvalue weighted by atomic mass is 16.3. The van der Waals surface area contributed by atoms with Gasteiger partial charge in [0.05, 0.1) is 11.4 Å². The molecule has 0 N–H and O–H groups in total. The van der Waals surface area contributed by atoms with Gasteiger partial charge in [0.15, 0.2) is 5.82 Å². The third kappa shape index (κ3) is 5.64. The summed E-state index contributed by atoms with van der Waals surface area (Å²) in [6.45, 7) is 0. The highest BCUT2D eigenvalue weighted by Crippen LogP contribution is 2.36. The van der Waals surface area contributed by atoms with Crippen LogP contribution in [-0.4, -0.2) is 9.97 Å². The molecule has 0 radical (unpaired) electrons. The molecule has 11 aromatic rings. The molecule has 0 aliphatic carbocycles. The van der Waals surface area contributed by atoms with Crippen LogP contribution in [0.15, 0.2) is 203 Å². The highest BCUT2D eigenvalue weighted by molar-refractivity contribution is 6.07. The summed E-state index contributed by atoms with van der Waals surface area (Å²) in [6, 6.07) is 67.5. The first-order valence-electron chi connectivity index (χ1n) is 18.8. The first-order valence-corrected chi connectivity index (χ1v) is 18.8. The zero-order valence-corrected chi connectivity index (χ0v) is 30.2. The minimum atomic E-state index is 0.691. The van der Waals surface area contributed by atoms with Crippen LogP contribution in [0, 0.1) is 0 Å². The van der Waals surface area contributed by atoms with Crippen molar-refractivity contribution in [3.05, 3.63) is 194 Å². The summed E-state index contributed by atoms with van der Waals surface area (Å²) in [7, 11) is 0. The number of furan rings is 2. The van der Waals surface area contributed by atoms with E-state index in [0.29, 0.717) is 5.82 Å².